The third-order valence-electron chi connectivity index (χ3n) is 4.15. The fourth-order valence-electron chi connectivity index (χ4n) is 2.59. The predicted octanol–water partition coefficient (Wildman–Crippen LogP) is 2.30. The Bertz CT molecular complexity index is 1040. The maximum Gasteiger partial charge on any atom is 0.290 e. The number of carbonyl (C=O) groups is 2. The first kappa shape index (κ1) is 21.5. The number of halogens is 2. The van der Waals surface area contributed by atoms with E-state index in [4.69, 9.17) is 20.9 Å². The van der Waals surface area contributed by atoms with E-state index in [-0.39, 0.29) is 42.6 Å². The number of benzene rings is 2. The van der Waals surface area contributed by atoms with Gasteiger partial charge in [0.15, 0.2) is 6.61 Å². The van der Waals surface area contributed by atoms with Gasteiger partial charge in [-0.1, -0.05) is 28.9 Å². The maximum atomic E-state index is 13.3. The Morgan fingerprint density at radius 2 is 2.03 bits per heavy atom. The zero-order chi connectivity index (χ0) is 21.5. The average Bonchev–Trinajstić information content (AvgIpc) is 3.17. The molecule has 3 rings (SSSR count). The van der Waals surface area contributed by atoms with E-state index in [1.54, 1.807) is 24.3 Å². The molecule has 0 saturated heterocycles. The summed E-state index contributed by atoms with van der Waals surface area (Å²) in [5.74, 6) is -1.32. The van der Waals surface area contributed by atoms with E-state index < -0.39 is 23.7 Å². The monoisotopic (exact) mass is 435 g/mol. The van der Waals surface area contributed by atoms with Crippen molar-refractivity contribution in [2.45, 2.75) is 12.5 Å². The first-order valence-corrected chi connectivity index (χ1v) is 9.47. The van der Waals surface area contributed by atoms with Gasteiger partial charge in [-0.25, -0.2) is 4.39 Å². The molecule has 0 bridgehead atoms. The van der Waals surface area contributed by atoms with Crippen molar-refractivity contribution in [1.29, 1.82) is 0 Å². The van der Waals surface area contributed by atoms with Crippen molar-refractivity contribution in [3.63, 3.8) is 0 Å². The Morgan fingerprint density at radius 1 is 1.23 bits per heavy atom. The summed E-state index contributed by atoms with van der Waals surface area (Å²) in [4.78, 5) is 24.0. The van der Waals surface area contributed by atoms with Crippen molar-refractivity contribution < 1.29 is 28.3 Å². The third kappa shape index (κ3) is 5.68. The van der Waals surface area contributed by atoms with Crippen LogP contribution in [-0.4, -0.2) is 47.9 Å². The molecule has 1 heterocycles. The number of nitrogens with one attached hydrogen (secondary N) is 2. The van der Waals surface area contributed by atoms with Crippen molar-refractivity contribution >= 4 is 34.3 Å². The molecule has 0 aliphatic heterocycles. The van der Waals surface area contributed by atoms with Crippen LogP contribution in [0.25, 0.3) is 10.9 Å². The van der Waals surface area contributed by atoms with E-state index in [0.29, 0.717) is 10.9 Å². The predicted molar refractivity (Wildman–Crippen MR) is 107 cm³/mol. The highest BCUT2D eigenvalue weighted by Crippen LogP contribution is 2.20. The van der Waals surface area contributed by atoms with Crippen molar-refractivity contribution in [3.05, 3.63) is 59.1 Å². The van der Waals surface area contributed by atoms with Gasteiger partial charge in [-0.15, -0.1) is 0 Å². The summed E-state index contributed by atoms with van der Waals surface area (Å²) < 4.78 is 23.5. The fourth-order valence-corrected chi connectivity index (χ4v) is 2.71. The largest absolute Gasteiger partial charge is 0.484 e. The molecule has 1 atom stereocenters. The number of aliphatic hydroxyl groups excluding tert-OH is 1. The van der Waals surface area contributed by atoms with Gasteiger partial charge >= 0.3 is 0 Å². The van der Waals surface area contributed by atoms with Crippen LogP contribution in [0.5, 0.6) is 5.75 Å². The number of rotatable bonds is 9. The lowest BCUT2D eigenvalue weighted by atomic mass is 10.2. The lowest BCUT2D eigenvalue weighted by Gasteiger charge is -2.12. The minimum Gasteiger partial charge on any atom is -0.484 e. The SMILES string of the molecule is O=C(COc1ccc(Cl)c(F)c1)NCCC(O)CNC(=O)c1onc2ccccc12. The molecule has 0 radical (unpaired) electrons. The van der Waals surface area contributed by atoms with Gasteiger partial charge in [0.2, 0.25) is 5.76 Å². The van der Waals surface area contributed by atoms with Crippen LogP contribution >= 0.6 is 11.6 Å². The lowest BCUT2D eigenvalue weighted by Crippen LogP contribution is -2.36. The van der Waals surface area contributed by atoms with Gasteiger partial charge in [0.25, 0.3) is 11.8 Å². The molecule has 8 nitrogen and oxygen atoms in total. The standard InChI is InChI=1S/C20H19ClFN3O5/c21-15-6-5-13(9-16(15)22)29-11-18(27)23-8-7-12(26)10-24-20(28)19-14-3-1-2-4-17(14)25-30-19/h1-6,9,12,26H,7-8,10-11H2,(H,23,27)(H,24,28). The van der Waals surface area contributed by atoms with E-state index in [2.05, 4.69) is 15.8 Å². The van der Waals surface area contributed by atoms with Crippen molar-refractivity contribution in [1.82, 2.24) is 15.8 Å². The Morgan fingerprint density at radius 3 is 2.83 bits per heavy atom. The average molecular weight is 436 g/mol. The van der Waals surface area contributed by atoms with Gasteiger partial charge in [0, 0.05) is 19.2 Å². The number of hydrogen-bond acceptors (Lipinski definition) is 6. The number of nitrogens with zero attached hydrogens (tertiary/aromatic N) is 1. The second kappa shape index (κ2) is 10.0. The number of ether oxygens (including phenoxy) is 1. The number of amides is 2. The lowest BCUT2D eigenvalue weighted by molar-refractivity contribution is -0.123. The molecule has 2 aromatic carbocycles. The first-order valence-electron chi connectivity index (χ1n) is 9.09. The first-order chi connectivity index (χ1) is 14.4. The highest BCUT2D eigenvalue weighted by molar-refractivity contribution is 6.30. The van der Waals surface area contributed by atoms with Crippen LogP contribution in [0.4, 0.5) is 4.39 Å². The molecule has 2 amide bonds. The van der Waals surface area contributed by atoms with Gasteiger partial charge in [-0.3, -0.25) is 9.59 Å². The van der Waals surface area contributed by atoms with Gasteiger partial charge in [0.1, 0.15) is 17.1 Å². The van der Waals surface area contributed by atoms with Crippen LogP contribution < -0.4 is 15.4 Å². The third-order valence-corrected chi connectivity index (χ3v) is 4.46. The molecule has 3 aromatic rings. The number of fused-ring (bicyclic) bond motifs is 1. The quantitative estimate of drug-likeness (QED) is 0.475. The fraction of sp³-hybridized carbons (Fsp3) is 0.250. The normalized spacial score (nSPS) is 11.8. The summed E-state index contributed by atoms with van der Waals surface area (Å²) in [6.07, 6.45) is -0.673. The van der Waals surface area contributed by atoms with Crippen molar-refractivity contribution in [2.24, 2.45) is 0 Å². The van der Waals surface area contributed by atoms with Crippen molar-refractivity contribution in [2.75, 3.05) is 19.7 Å². The Balaban J connectivity index is 1.35. The molecule has 30 heavy (non-hydrogen) atoms. The molecule has 1 unspecified atom stereocenters. The topological polar surface area (TPSA) is 114 Å². The van der Waals surface area contributed by atoms with Crippen LogP contribution in [0.15, 0.2) is 47.0 Å². The summed E-state index contributed by atoms with van der Waals surface area (Å²) in [5.41, 5.74) is 0.564. The summed E-state index contributed by atoms with van der Waals surface area (Å²) in [6, 6.07) is 10.8. The summed E-state index contributed by atoms with van der Waals surface area (Å²) in [7, 11) is 0. The smallest absolute Gasteiger partial charge is 0.290 e. The second-order valence-electron chi connectivity index (χ2n) is 6.40. The van der Waals surface area contributed by atoms with E-state index >= 15 is 0 Å². The number of aromatic nitrogens is 1. The van der Waals surface area contributed by atoms with Gasteiger partial charge in [-0.05, 0) is 30.7 Å². The van der Waals surface area contributed by atoms with Gasteiger partial charge in [-0.2, -0.15) is 0 Å². The zero-order valence-corrected chi connectivity index (χ0v) is 16.5. The Hall–Kier alpha value is -3.17. The van der Waals surface area contributed by atoms with E-state index in [1.807, 2.05) is 0 Å². The Labute approximate surface area is 175 Å². The molecule has 3 N–H and O–H groups in total. The van der Waals surface area contributed by atoms with Crippen LogP contribution in [0.3, 0.4) is 0 Å². The van der Waals surface area contributed by atoms with Gasteiger partial charge < -0.3 is 25.0 Å². The number of aliphatic hydroxyl groups is 1. The molecule has 1 aromatic heterocycles. The highest BCUT2D eigenvalue weighted by atomic mass is 35.5. The molecular weight excluding hydrogens is 417 g/mol. The molecular formula is C20H19ClFN3O5. The van der Waals surface area contributed by atoms with Crippen LogP contribution in [-0.2, 0) is 4.79 Å². The molecule has 0 fully saturated rings. The second-order valence-corrected chi connectivity index (χ2v) is 6.80. The molecule has 0 spiro atoms. The van der Waals surface area contributed by atoms with E-state index in [1.165, 1.54) is 12.1 Å². The summed E-state index contributed by atoms with van der Waals surface area (Å²) in [5, 5.41) is 19.5. The summed E-state index contributed by atoms with van der Waals surface area (Å²) in [6.45, 7) is -0.170. The van der Waals surface area contributed by atoms with Crippen LogP contribution in [0.2, 0.25) is 5.02 Å². The van der Waals surface area contributed by atoms with Crippen LogP contribution in [0.1, 0.15) is 17.0 Å². The van der Waals surface area contributed by atoms with E-state index in [9.17, 15) is 19.1 Å². The minimum atomic E-state index is -0.880. The molecule has 0 saturated carbocycles. The maximum absolute atomic E-state index is 13.3. The number of carbonyl (C=O) groups excluding carboxylic acids is 2. The molecule has 0 aliphatic rings. The number of hydrogen-bond donors (Lipinski definition) is 3. The van der Waals surface area contributed by atoms with Gasteiger partial charge in [0.05, 0.1) is 16.5 Å². The highest BCUT2D eigenvalue weighted by Gasteiger charge is 2.17. The van der Waals surface area contributed by atoms with E-state index in [0.717, 1.165) is 6.07 Å². The minimum absolute atomic E-state index is 0.0235. The van der Waals surface area contributed by atoms with Crippen LogP contribution in [0, 0.1) is 5.82 Å². The zero-order valence-electron chi connectivity index (χ0n) is 15.7. The summed E-state index contributed by atoms with van der Waals surface area (Å²) >= 11 is 5.57. The molecule has 0 aliphatic carbocycles. The van der Waals surface area contributed by atoms with Crippen molar-refractivity contribution in [3.8, 4) is 5.75 Å². The Kier molecular flexibility index (Phi) is 7.21. The molecule has 10 heteroatoms. The molecule has 158 valence electrons.